The van der Waals surface area contributed by atoms with Crippen molar-refractivity contribution in [3.63, 3.8) is 0 Å². The summed E-state index contributed by atoms with van der Waals surface area (Å²) in [6.07, 6.45) is 5.70. The van der Waals surface area contributed by atoms with Crippen LogP contribution < -0.4 is 0 Å². The average molecular weight is 884 g/mol. The Morgan fingerprint density at radius 2 is 0.855 bits per heavy atom. The van der Waals surface area contributed by atoms with Crippen molar-refractivity contribution in [1.82, 2.24) is 43.6 Å². The van der Waals surface area contributed by atoms with Crippen LogP contribution in [0.2, 0.25) is 0 Å². The van der Waals surface area contributed by atoms with E-state index in [1.54, 1.807) is 0 Å². The zero-order valence-corrected chi connectivity index (χ0v) is 36.9. The third-order valence-corrected chi connectivity index (χ3v) is 13.3. The predicted octanol–water partition coefficient (Wildman–Crippen LogP) is 14.0. The highest BCUT2D eigenvalue weighted by Crippen LogP contribution is 2.39. The van der Waals surface area contributed by atoms with Crippen molar-refractivity contribution in [2.45, 2.75) is 0 Å². The van der Waals surface area contributed by atoms with E-state index < -0.39 is 0 Å². The number of para-hydroxylation sites is 3. The van der Waals surface area contributed by atoms with Gasteiger partial charge in [-0.05, 0) is 78.9 Å². The minimum atomic E-state index is 0.545. The van der Waals surface area contributed by atoms with Crippen LogP contribution in [0.25, 0.3) is 128 Å². The van der Waals surface area contributed by atoms with Gasteiger partial charge < -0.3 is 9.13 Å². The van der Waals surface area contributed by atoms with E-state index in [0.29, 0.717) is 23.4 Å². The van der Waals surface area contributed by atoms with Gasteiger partial charge in [-0.1, -0.05) is 127 Å². The van der Waals surface area contributed by atoms with E-state index in [4.69, 9.17) is 24.9 Å². The van der Waals surface area contributed by atoms with Gasteiger partial charge in [0.1, 0.15) is 0 Å². The summed E-state index contributed by atoms with van der Waals surface area (Å²) in [4.78, 5) is 29.8. The Balaban J connectivity index is 0.890. The van der Waals surface area contributed by atoms with Crippen LogP contribution in [0.1, 0.15) is 0 Å². The van der Waals surface area contributed by atoms with Gasteiger partial charge in [0, 0.05) is 78.3 Å². The molecule has 0 fully saturated rings. The van der Waals surface area contributed by atoms with E-state index in [1.807, 2.05) is 85.3 Å². The van der Waals surface area contributed by atoms with E-state index in [-0.39, 0.29) is 0 Å². The molecule has 0 aliphatic heterocycles. The molecule has 0 saturated heterocycles. The maximum absolute atomic E-state index is 5.26. The van der Waals surface area contributed by atoms with Gasteiger partial charge in [0.05, 0.1) is 45.0 Å². The summed E-state index contributed by atoms with van der Waals surface area (Å²) in [7, 11) is 0. The van der Waals surface area contributed by atoms with Gasteiger partial charge in [0.15, 0.2) is 17.5 Å². The van der Waals surface area contributed by atoms with Crippen LogP contribution in [0.3, 0.4) is 0 Å². The lowest BCUT2D eigenvalue weighted by atomic mass is 10.1. The quantitative estimate of drug-likeness (QED) is 0.158. The topological polar surface area (TPSA) is 92.1 Å². The first kappa shape index (κ1) is 38.6. The predicted molar refractivity (Wildman–Crippen MR) is 278 cm³/mol. The van der Waals surface area contributed by atoms with E-state index >= 15 is 0 Å². The molecule has 8 aromatic carbocycles. The van der Waals surface area contributed by atoms with Crippen molar-refractivity contribution < 1.29 is 0 Å². The average Bonchev–Trinajstić information content (AvgIpc) is 4.06. The Hall–Kier alpha value is -9.60. The summed E-state index contributed by atoms with van der Waals surface area (Å²) in [5.41, 5.74) is 13.2. The molecule has 322 valence electrons. The van der Waals surface area contributed by atoms with Gasteiger partial charge in [-0.15, -0.1) is 0 Å². The molecular formula is C60H37N9. The Kier molecular flexibility index (Phi) is 8.68. The van der Waals surface area contributed by atoms with Gasteiger partial charge in [0.25, 0.3) is 0 Å². The fraction of sp³-hybridized carbons (Fsp3) is 0. The zero-order chi connectivity index (χ0) is 45.4. The molecule has 0 saturated carbocycles. The molecule has 6 aromatic heterocycles. The number of aromatic nitrogens is 9. The second-order valence-electron chi connectivity index (χ2n) is 17.2. The largest absolute Gasteiger partial charge is 0.309 e. The normalized spacial score (nSPS) is 11.8. The highest BCUT2D eigenvalue weighted by atomic mass is 15.2. The number of rotatable bonds is 7. The summed E-state index contributed by atoms with van der Waals surface area (Å²) < 4.78 is 6.81. The standard InChI is InChI=1S/C60H37N9/c1-4-14-38(15-5-1)58-64-59(39-16-6-2-7-17-39)66-60(65-58)69-52-23-13-11-21-45(52)48-34-41(25-28-54(48)69)57-62-33-31-50(63-57)40-24-27-46-44-20-10-12-22-51(44)68(55(46)35-40)43-26-29-53-49(36-43)47-30-32-61-37-56(47)67(53)42-18-8-3-9-19-42/h1-37H. The van der Waals surface area contributed by atoms with Crippen molar-refractivity contribution in [1.29, 1.82) is 0 Å². The van der Waals surface area contributed by atoms with E-state index in [9.17, 15) is 0 Å². The fourth-order valence-corrected chi connectivity index (χ4v) is 10.1. The molecule has 0 N–H and O–H groups in total. The smallest absolute Gasteiger partial charge is 0.238 e. The Labute approximate surface area is 394 Å². The van der Waals surface area contributed by atoms with Crippen molar-refractivity contribution in [2.75, 3.05) is 0 Å². The molecule has 0 atom stereocenters. The van der Waals surface area contributed by atoms with E-state index in [2.05, 4.69) is 158 Å². The maximum atomic E-state index is 5.26. The van der Waals surface area contributed by atoms with Crippen molar-refractivity contribution >= 4 is 65.4 Å². The number of pyridine rings is 1. The van der Waals surface area contributed by atoms with E-state index in [0.717, 1.165) is 88.6 Å². The van der Waals surface area contributed by atoms with Gasteiger partial charge in [-0.25, -0.2) is 15.0 Å². The molecule has 69 heavy (non-hydrogen) atoms. The summed E-state index contributed by atoms with van der Waals surface area (Å²) >= 11 is 0. The highest BCUT2D eigenvalue weighted by molar-refractivity contribution is 6.13. The maximum Gasteiger partial charge on any atom is 0.238 e. The van der Waals surface area contributed by atoms with Gasteiger partial charge in [0.2, 0.25) is 5.95 Å². The van der Waals surface area contributed by atoms with Crippen LogP contribution in [-0.2, 0) is 0 Å². The zero-order valence-electron chi connectivity index (χ0n) is 36.9. The van der Waals surface area contributed by atoms with Crippen LogP contribution in [0, 0.1) is 0 Å². The lowest BCUT2D eigenvalue weighted by Gasteiger charge is -2.11. The second kappa shape index (κ2) is 15.5. The molecule has 0 bridgehead atoms. The van der Waals surface area contributed by atoms with Crippen LogP contribution in [0.4, 0.5) is 0 Å². The number of hydrogen-bond acceptors (Lipinski definition) is 6. The number of fused-ring (bicyclic) bond motifs is 9. The van der Waals surface area contributed by atoms with Gasteiger partial charge in [-0.2, -0.15) is 9.97 Å². The lowest BCUT2D eigenvalue weighted by Crippen LogP contribution is -2.06. The number of benzene rings is 8. The second-order valence-corrected chi connectivity index (χ2v) is 17.2. The van der Waals surface area contributed by atoms with Crippen molar-refractivity contribution in [3.05, 3.63) is 225 Å². The first-order chi connectivity index (χ1) is 34.2. The van der Waals surface area contributed by atoms with Crippen LogP contribution in [0.5, 0.6) is 0 Å². The van der Waals surface area contributed by atoms with Crippen molar-refractivity contribution in [3.8, 4) is 62.7 Å². The third kappa shape index (κ3) is 6.25. The minimum Gasteiger partial charge on any atom is -0.309 e. The SMILES string of the molecule is c1ccc(-c2nc(-c3ccccc3)nc(-n3c4ccccc4c4cc(-c5nccc(-c6ccc7c8ccccc8n(-c8ccc9c(c8)c8ccncc8n9-c8ccccc8)c7c6)n5)ccc43)n2)cc1. The molecule has 0 unspecified atom stereocenters. The van der Waals surface area contributed by atoms with E-state index in [1.165, 1.54) is 16.2 Å². The Bertz CT molecular complexity index is 4250. The fourth-order valence-electron chi connectivity index (χ4n) is 10.1. The minimum absolute atomic E-state index is 0.545. The summed E-state index contributed by atoms with van der Waals surface area (Å²) in [6.45, 7) is 0. The van der Waals surface area contributed by atoms with Crippen LogP contribution >= 0.6 is 0 Å². The Morgan fingerprint density at radius 3 is 1.61 bits per heavy atom. The monoisotopic (exact) mass is 883 g/mol. The van der Waals surface area contributed by atoms with Crippen molar-refractivity contribution in [2.24, 2.45) is 0 Å². The molecule has 0 aliphatic carbocycles. The molecule has 6 heterocycles. The molecule has 9 heteroatoms. The molecular weight excluding hydrogens is 847 g/mol. The first-order valence-corrected chi connectivity index (χ1v) is 22.9. The highest BCUT2D eigenvalue weighted by Gasteiger charge is 2.21. The first-order valence-electron chi connectivity index (χ1n) is 22.9. The summed E-state index contributed by atoms with van der Waals surface area (Å²) in [5.74, 6) is 2.40. The molecule has 9 nitrogen and oxygen atoms in total. The van der Waals surface area contributed by atoms with Crippen LogP contribution in [-0.4, -0.2) is 43.6 Å². The lowest BCUT2D eigenvalue weighted by molar-refractivity contribution is 0.953. The molecule has 0 spiro atoms. The molecule has 14 aromatic rings. The third-order valence-electron chi connectivity index (χ3n) is 13.3. The van der Waals surface area contributed by atoms with Crippen LogP contribution in [0.15, 0.2) is 225 Å². The van der Waals surface area contributed by atoms with Gasteiger partial charge >= 0.3 is 0 Å². The summed E-state index contributed by atoms with van der Waals surface area (Å²) in [5, 5.41) is 6.81. The molecule has 0 amide bonds. The molecule has 14 rings (SSSR count). The molecule has 0 radical (unpaired) electrons. The van der Waals surface area contributed by atoms with Gasteiger partial charge in [-0.3, -0.25) is 9.55 Å². The number of hydrogen-bond donors (Lipinski definition) is 0. The Morgan fingerprint density at radius 1 is 0.290 bits per heavy atom. The molecule has 0 aliphatic rings. The number of nitrogens with zero attached hydrogens (tertiary/aromatic N) is 9. The summed E-state index contributed by atoms with van der Waals surface area (Å²) in [6, 6.07) is 71.6.